The van der Waals surface area contributed by atoms with E-state index in [4.69, 9.17) is 9.31 Å². The maximum absolute atomic E-state index is 14.6. The molecule has 1 heterocycles. The predicted octanol–water partition coefficient (Wildman–Crippen LogP) is 4.12. The van der Waals surface area contributed by atoms with Crippen LogP contribution >= 0.6 is 0 Å². The summed E-state index contributed by atoms with van der Waals surface area (Å²) >= 11 is 0. The van der Waals surface area contributed by atoms with E-state index < -0.39 is 18.3 Å². The molecule has 0 spiro atoms. The van der Waals surface area contributed by atoms with E-state index in [1.165, 1.54) is 0 Å². The second-order valence-electron chi connectivity index (χ2n) is 7.24. The van der Waals surface area contributed by atoms with Gasteiger partial charge in [-0.25, -0.2) is 4.39 Å². The molecule has 118 valence electrons. The van der Waals surface area contributed by atoms with Gasteiger partial charge in [0, 0.05) is 0 Å². The lowest BCUT2D eigenvalue weighted by Gasteiger charge is -2.32. The van der Waals surface area contributed by atoms with Crippen molar-refractivity contribution in [1.82, 2.24) is 0 Å². The fraction of sp³-hybridized carbons (Fsp3) is 0.529. The number of allylic oxidation sites excluding steroid dienone is 1. The highest BCUT2D eigenvalue weighted by Gasteiger charge is 2.54. The van der Waals surface area contributed by atoms with Crippen LogP contribution in [0.1, 0.15) is 52.0 Å². The highest BCUT2D eigenvalue weighted by Crippen LogP contribution is 2.46. The maximum Gasteiger partial charge on any atom is 0.525 e. The quantitative estimate of drug-likeness (QED) is 0.835. The van der Waals surface area contributed by atoms with Crippen molar-refractivity contribution in [2.45, 2.75) is 57.7 Å². The van der Waals surface area contributed by atoms with Gasteiger partial charge in [-0.2, -0.15) is 0 Å². The minimum atomic E-state index is -0.898. The minimum absolute atomic E-state index is 0.251. The van der Waals surface area contributed by atoms with E-state index in [0.29, 0.717) is 12.8 Å². The summed E-state index contributed by atoms with van der Waals surface area (Å²) < 4.78 is 26.1. The molecule has 1 aromatic rings. The van der Waals surface area contributed by atoms with Crippen LogP contribution in [0, 0.1) is 0 Å². The van der Waals surface area contributed by atoms with Gasteiger partial charge in [0.15, 0.2) is 0 Å². The van der Waals surface area contributed by atoms with Crippen molar-refractivity contribution in [3.05, 3.63) is 41.1 Å². The number of hydrogen-bond acceptors (Lipinski definition) is 3. The highest BCUT2D eigenvalue weighted by molar-refractivity contribution is 6.53. The van der Waals surface area contributed by atoms with Crippen molar-refractivity contribution < 1.29 is 18.8 Å². The maximum atomic E-state index is 14.6. The Hall–Kier alpha value is -1.33. The second kappa shape index (κ2) is 5.10. The zero-order chi connectivity index (χ0) is 16.1. The van der Waals surface area contributed by atoms with Crippen molar-refractivity contribution in [1.29, 1.82) is 0 Å². The summed E-state index contributed by atoms with van der Waals surface area (Å²) in [6, 6.07) is 7.17. The Balaban J connectivity index is 1.70. The number of rotatable bonds is 2. The van der Waals surface area contributed by atoms with Crippen LogP contribution in [0.3, 0.4) is 0 Å². The topological polar surface area (TPSA) is 38.7 Å². The van der Waals surface area contributed by atoms with Crippen LogP contribution < -0.4 is 0 Å². The lowest BCUT2D eigenvalue weighted by atomic mass is 9.70. The monoisotopic (exact) mass is 304 g/mol. The Kier molecular flexibility index (Phi) is 3.61. The van der Waals surface area contributed by atoms with Gasteiger partial charge >= 0.3 is 7.12 Å². The highest BCUT2D eigenvalue weighted by atomic mass is 19.1. The van der Waals surface area contributed by atoms with Gasteiger partial charge in [0.25, 0.3) is 0 Å². The lowest BCUT2D eigenvalue weighted by molar-refractivity contribution is 0.00578. The molecule has 2 fully saturated rings. The molecule has 1 N–H and O–H groups in total. The fourth-order valence-electron chi connectivity index (χ4n) is 2.86. The first-order valence-corrected chi connectivity index (χ1v) is 7.71. The molecule has 0 unspecified atom stereocenters. The van der Waals surface area contributed by atoms with Crippen LogP contribution in [0.25, 0.3) is 0 Å². The smallest absolute Gasteiger partial charge is 0.508 e. The number of phenols is 1. The first kappa shape index (κ1) is 15.6. The van der Waals surface area contributed by atoms with E-state index in [1.54, 1.807) is 12.1 Å². The van der Waals surface area contributed by atoms with Gasteiger partial charge in [-0.05, 0) is 69.7 Å². The molecule has 1 aliphatic heterocycles. The Labute approximate surface area is 131 Å². The zero-order valence-corrected chi connectivity index (χ0v) is 13.5. The molecule has 0 bridgehead atoms. The van der Waals surface area contributed by atoms with Crippen molar-refractivity contribution >= 4 is 7.12 Å². The van der Waals surface area contributed by atoms with Gasteiger partial charge in [0.05, 0.1) is 11.2 Å². The Morgan fingerprint density at radius 2 is 1.77 bits per heavy atom. The molecule has 0 aromatic heterocycles. The van der Waals surface area contributed by atoms with Gasteiger partial charge < -0.3 is 14.4 Å². The van der Waals surface area contributed by atoms with Crippen LogP contribution in [0.4, 0.5) is 4.39 Å². The van der Waals surface area contributed by atoms with Crippen LogP contribution in [-0.4, -0.2) is 23.4 Å². The number of hydrogen-bond donors (Lipinski definition) is 1. The van der Waals surface area contributed by atoms with E-state index in [-0.39, 0.29) is 17.4 Å². The Morgan fingerprint density at radius 3 is 2.32 bits per heavy atom. The number of aromatic hydroxyl groups is 1. The largest absolute Gasteiger partial charge is 0.525 e. The number of benzene rings is 1. The molecule has 1 aromatic carbocycles. The molecule has 3 nitrogen and oxygen atoms in total. The van der Waals surface area contributed by atoms with Crippen LogP contribution in [0.5, 0.6) is 5.75 Å². The lowest BCUT2D eigenvalue weighted by Crippen LogP contribution is -2.41. The van der Waals surface area contributed by atoms with E-state index in [1.807, 2.05) is 39.8 Å². The first-order valence-electron chi connectivity index (χ1n) is 7.71. The summed E-state index contributed by atoms with van der Waals surface area (Å²) in [7, 11) is -0.898. The summed E-state index contributed by atoms with van der Waals surface area (Å²) in [6.07, 6.45) is 1.30. The second-order valence-corrected chi connectivity index (χ2v) is 7.24. The summed E-state index contributed by atoms with van der Waals surface area (Å²) in [5.41, 5.74) is 0.473. The summed E-state index contributed by atoms with van der Waals surface area (Å²) in [6.45, 7) is 7.67. The van der Waals surface area contributed by atoms with Crippen LogP contribution in [0.15, 0.2) is 35.6 Å². The van der Waals surface area contributed by atoms with Crippen molar-refractivity contribution in [2.24, 2.45) is 0 Å². The molecule has 2 aliphatic rings. The average Bonchev–Trinajstić information content (AvgIpc) is 2.56. The summed E-state index contributed by atoms with van der Waals surface area (Å²) in [5.74, 6) is 0.511. The minimum Gasteiger partial charge on any atom is -0.508 e. The molecule has 1 saturated heterocycles. The molecule has 1 aliphatic carbocycles. The SMILES string of the molecule is CC1(C)OB(C(F)=C2CC(c3cccc(O)c3)C2)OC1(C)C. The molecule has 3 rings (SSSR count). The van der Waals surface area contributed by atoms with Gasteiger partial charge in [-0.3, -0.25) is 0 Å². The van der Waals surface area contributed by atoms with E-state index in [0.717, 1.165) is 11.1 Å². The van der Waals surface area contributed by atoms with Crippen LogP contribution in [0.2, 0.25) is 0 Å². The standard InChI is InChI=1S/C17H22BFO3/c1-16(2)17(3,4)22-18(21-16)15(19)13-8-12(9-13)11-6-5-7-14(20)10-11/h5-7,10,12,20H,8-9H2,1-4H3. The van der Waals surface area contributed by atoms with E-state index in [9.17, 15) is 9.50 Å². The van der Waals surface area contributed by atoms with Crippen LogP contribution in [-0.2, 0) is 9.31 Å². The number of halogens is 1. The third-order valence-electron chi connectivity index (χ3n) is 5.13. The third kappa shape index (κ3) is 2.57. The fourth-order valence-corrected chi connectivity index (χ4v) is 2.86. The van der Waals surface area contributed by atoms with Crippen molar-refractivity contribution in [2.75, 3.05) is 0 Å². The molecule has 0 atom stereocenters. The molecule has 0 radical (unpaired) electrons. The molecular weight excluding hydrogens is 282 g/mol. The van der Waals surface area contributed by atoms with Gasteiger partial charge in [0.2, 0.25) is 0 Å². The molecular formula is C17H22BFO3. The zero-order valence-electron chi connectivity index (χ0n) is 13.5. The molecule has 22 heavy (non-hydrogen) atoms. The van der Waals surface area contributed by atoms with E-state index in [2.05, 4.69) is 0 Å². The molecule has 5 heteroatoms. The van der Waals surface area contributed by atoms with Gasteiger partial charge in [-0.1, -0.05) is 12.1 Å². The molecule has 0 amide bonds. The molecule has 1 saturated carbocycles. The number of phenolic OH excluding ortho intramolecular Hbond substituents is 1. The normalized spacial score (nSPS) is 26.0. The van der Waals surface area contributed by atoms with Crippen molar-refractivity contribution in [3.63, 3.8) is 0 Å². The third-order valence-corrected chi connectivity index (χ3v) is 5.13. The summed E-state index contributed by atoms with van der Waals surface area (Å²) in [5, 5.41) is 9.52. The Morgan fingerprint density at radius 1 is 1.18 bits per heavy atom. The van der Waals surface area contributed by atoms with Gasteiger partial charge in [0.1, 0.15) is 11.5 Å². The summed E-state index contributed by atoms with van der Waals surface area (Å²) in [4.78, 5) is 0. The predicted molar refractivity (Wildman–Crippen MR) is 84.3 cm³/mol. The first-order chi connectivity index (χ1) is 10.2. The van der Waals surface area contributed by atoms with Gasteiger partial charge in [-0.15, -0.1) is 0 Å². The average molecular weight is 304 g/mol. The van der Waals surface area contributed by atoms with E-state index >= 15 is 0 Å². The van der Waals surface area contributed by atoms with Crippen molar-refractivity contribution in [3.8, 4) is 5.75 Å². The Bertz CT molecular complexity index is 600.